The normalized spacial score (nSPS) is 21.1. The molecule has 0 spiro atoms. The van der Waals surface area contributed by atoms with Gasteiger partial charge < -0.3 is 15.1 Å². The van der Waals surface area contributed by atoms with E-state index in [0.29, 0.717) is 25.2 Å². The van der Waals surface area contributed by atoms with Crippen LogP contribution in [0, 0.1) is 12.8 Å². The van der Waals surface area contributed by atoms with Gasteiger partial charge >= 0.3 is 0 Å². The number of amides is 2. The molecule has 2 atom stereocenters. The van der Waals surface area contributed by atoms with Crippen LogP contribution in [0.4, 0.5) is 0 Å². The second kappa shape index (κ2) is 8.83. The van der Waals surface area contributed by atoms with Gasteiger partial charge in [-0.3, -0.25) is 14.3 Å². The highest BCUT2D eigenvalue weighted by Crippen LogP contribution is 2.39. The fourth-order valence-corrected chi connectivity index (χ4v) is 6.30. The molecule has 0 aliphatic heterocycles. The number of nitrogens with one attached hydrogen (secondary N) is 3. The van der Waals surface area contributed by atoms with Crippen LogP contribution in [0.2, 0.25) is 0 Å². The first-order valence-corrected chi connectivity index (χ1v) is 11.6. The zero-order valence-electron chi connectivity index (χ0n) is 17.0. The predicted molar refractivity (Wildman–Crippen MR) is 121 cm³/mol. The summed E-state index contributed by atoms with van der Waals surface area (Å²) in [4.78, 5) is 24.4. The van der Waals surface area contributed by atoms with E-state index in [-0.39, 0.29) is 5.91 Å². The van der Waals surface area contributed by atoms with E-state index in [2.05, 4.69) is 40.5 Å². The molecule has 4 rings (SSSR count). The number of carbonyl (C=O) groups excluding carboxylic acids is 2. The number of thiophene rings is 1. The summed E-state index contributed by atoms with van der Waals surface area (Å²) in [6.07, 6.45) is 2.84. The number of fused-ring (bicyclic) bond motifs is 1. The summed E-state index contributed by atoms with van der Waals surface area (Å²) in [5.41, 5.74) is 1.32. The highest BCUT2D eigenvalue weighted by Gasteiger charge is 2.44. The summed E-state index contributed by atoms with van der Waals surface area (Å²) in [5.74, 6) is 1.11. The first kappa shape index (κ1) is 21.0. The van der Waals surface area contributed by atoms with Crippen LogP contribution in [0.25, 0.3) is 21.6 Å². The molecule has 1 aliphatic rings. The SMILES string of the molecule is CNC(=O)C1(NC=O)CCC(CNSc2cc(C)c(-c3cc4ccccc4o3)s2)C1. The lowest BCUT2D eigenvalue weighted by molar-refractivity contribution is -0.129. The minimum atomic E-state index is -0.776. The van der Waals surface area contributed by atoms with Gasteiger partial charge in [0.25, 0.3) is 0 Å². The van der Waals surface area contributed by atoms with Crippen molar-refractivity contribution in [3.05, 3.63) is 42.0 Å². The summed E-state index contributed by atoms with van der Waals surface area (Å²) in [5, 5.41) is 6.54. The van der Waals surface area contributed by atoms with Gasteiger partial charge in [0.1, 0.15) is 16.9 Å². The van der Waals surface area contributed by atoms with Gasteiger partial charge in [-0.1, -0.05) is 18.2 Å². The highest BCUT2D eigenvalue weighted by molar-refractivity contribution is 7.99. The Morgan fingerprint density at radius 2 is 2.20 bits per heavy atom. The van der Waals surface area contributed by atoms with Crippen molar-refractivity contribution in [2.45, 2.75) is 35.9 Å². The lowest BCUT2D eigenvalue weighted by Crippen LogP contribution is -2.54. The summed E-state index contributed by atoms with van der Waals surface area (Å²) in [6.45, 7) is 2.88. The average molecular weight is 444 g/mol. The predicted octanol–water partition coefficient (Wildman–Crippen LogP) is 4.10. The van der Waals surface area contributed by atoms with Crippen LogP contribution in [0.15, 0.2) is 45.0 Å². The first-order valence-electron chi connectivity index (χ1n) is 9.97. The Balaban J connectivity index is 1.37. The number of furan rings is 1. The van der Waals surface area contributed by atoms with Crippen molar-refractivity contribution < 1.29 is 14.0 Å². The maximum absolute atomic E-state index is 12.2. The molecule has 158 valence electrons. The van der Waals surface area contributed by atoms with Gasteiger partial charge in [-0.15, -0.1) is 11.3 Å². The molecule has 0 radical (unpaired) electrons. The van der Waals surface area contributed by atoms with Gasteiger partial charge in [0.15, 0.2) is 0 Å². The number of carbonyl (C=O) groups is 2. The molecule has 3 aromatic rings. The minimum Gasteiger partial charge on any atom is -0.455 e. The summed E-state index contributed by atoms with van der Waals surface area (Å²) in [6, 6.07) is 12.3. The molecule has 0 saturated heterocycles. The molecule has 8 heteroatoms. The maximum atomic E-state index is 12.2. The van der Waals surface area contributed by atoms with Gasteiger partial charge in [-0.2, -0.15) is 0 Å². The maximum Gasteiger partial charge on any atom is 0.245 e. The molecular weight excluding hydrogens is 418 g/mol. The van der Waals surface area contributed by atoms with Crippen LogP contribution in [0.5, 0.6) is 0 Å². The van der Waals surface area contributed by atoms with E-state index in [1.807, 2.05) is 18.2 Å². The topological polar surface area (TPSA) is 83.4 Å². The average Bonchev–Trinajstić information content (AvgIpc) is 3.45. The third kappa shape index (κ3) is 4.12. The van der Waals surface area contributed by atoms with Gasteiger partial charge in [-0.05, 0) is 67.8 Å². The number of aryl methyl sites for hydroxylation is 1. The quantitative estimate of drug-likeness (QED) is 0.361. The monoisotopic (exact) mass is 443 g/mol. The van der Waals surface area contributed by atoms with Crippen LogP contribution >= 0.6 is 23.3 Å². The van der Waals surface area contributed by atoms with E-state index < -0.39 is 5.54 Å². The summed E-state index contributed by atoms with van der Waals surface area (Å²) in [7, 11) is 1.61. The van der Waals surface area contributed by atoms with Crippen LogP contribution in [0.1, 0.15) is 24.8 Å². The zero-order chi connectivity index (χ0) is 21.1. The molecule has 2 aromatic heterocycles. The standard InChI is InChI=1S/C22H25N3O3S2/c1-14-9-19(29-20(14)18-10-16-5-3-4-6-17(16)28-18)30-25-12-15-7-8-22(11-15,24-13-26)21(27)23-2/h3-6,9-10,13,15,25H,7-8,11-12H2,1-2H3,(H,23,27)(H,24,26). The molecule has 0 bridgehead atoms. The van der Waals surface area contributed by atoms with Crippen molar-refractivity contribution in [2.75, 3.05) is 13.6 Å². The third-order valence-electron chi connectivity index (χ3n) is 5.70. The number of hydrogen-bond acceptors (Lipinski definition) is 6. The molecule has 1 aliphatic carbocycles. The molecule has 2 amide bonds. The zero-order valence-corrected chi connectivity index (χ0v) is 18.6. The Morgan fingerprint density at radius 1 is 1.37 bits per heavy atom. The summed E-state index contributed by atoms with van der Waals surface area (Å²) >= 11 is 3.32. The van der Waals surface area contributed by atoms with Crippen molar-refractivity contribution in [2.24, 2.45) is 5.92 Å². The molecule has 2 unspecified atom stereocenters. The van der Waals surface area contributed by atoms with E-state index in [0.717, 1.165) is 34.6 Å². The molecule has 6 nitrogen and oxygen atoms in total. The third-order valence-corrected chi connectivity index (χ3v) is 7.88. The number of para-hydroxylation sites is 1. The molecular formula is C22H25N3O3S2. The molecule has 1 fully saturated rings. The minimum absolute atomic E-state index is 0.117. The Bertz CT molecular complexity index is 1030. The number of benzene rings is 1. The van der Waals surface area contributed by atoms with Gasteiger partial charge in [0.2, 0.25) is 12.3 Å². The van der Waals surface area contributed by atoms with Crippen LogP contribution in [-0.2, 0) is 9.59 Å². The number of hydrogen-bond donors (Lipinski definition) is 3. The fourth-order valence-electron chi connectivity index (χ4n) is 4.15. The number of likely N-dealkylation sites (N-methyl/N-ethyl adjacent to an activating group) is 1. The molecule has 2 heterocycles. The molecule has 1 aromatic carbocycles. The lowest BCUT2D eigenvalue weighted by atomic mass is 9.95. The molecule has 30 heavy (non-hydrogen) atoms. The van der Waals surface area contributed by atoms with Crippen molar-refractivity contribution in [1.29, 1.82) is 0 Å². The van der Waals surface area contributed by atoms with Gasteiger partial charge in [0.05, 0.1) is 9.09 Å². The van der Waals surface area contributed by atoms with Crippen molar-refractivity contribution in [3.8, 4) is 10.6 Å². The van der Waals surface area contributed by atoms with E-state index in [1.54, 1.807) is 30.3 Å². The van der Waals surface area contributed by atoms with Crippen molar-refractivity contribution in [1.82, 2.24) is 15.4 Å². The second-order valence-corrected chi connectivity index (χ2v) is 9.95. The van der Waals surface area contributed by atoms with Crippen LogP contribution in [0.3, 0.4) is 0 Å². The molecule has 3 N–H and O–H groups in total. The van der Waals surface area contributed by atoms with Gasteiger partial charge in [0, 0.05) is 19.0 Å². The number of rotatable bonds is 8. The van der Waals surface area contributed by atoms with Crippen molar-refractivity contribution >= 4 is 46.6 Å². The lowest BCUT2D eigenvalue weighted by Gasteiger charge is -2.26. The Kier molecular flexibility index (Phi) is 6.17. The van der Waals surface area contributed by atoms with Gasteiger partial charge in [-0.25, -0.2) is 0 Å². The Hall–Kier alpha value is -2.29. The largest absolute Gasteiger partial charge is 0.455 e. The van der Waals surface area contributed by atoms with E-state index in [4.69, 9.17) is 4.42 Å². The van der Waals surface area contributed by atoms with Crippen LogP contribution < -0.4 is 15.4 Å². The van der Waals surface area contributed by atoms with Crippen molar-refractivity contribution in [3.63, 3.8) is 0 Å². The summed E-state index contributed by atoms with van der Waals surface area (Å²) < 4.78 is 10.6. The van der Waals surface area contributed by atoms with E-state index in [1.165, 1.54) is 9.77 Å². The van der Waals surface area contributed by atoms with E-state index in [9.17, 15) is 9.59 Å². The Morgan fingerprint density at radius 3 is 2.97 bits per heavy atom. The smallest absolute Gasteiger partial charge is 0.245 e. The van der Waals surface area contributed by atoms with E-state index >= 15 is 0 Å². The highest BCUT2D eigenvalue weighted by atomic mass is 32.2. The molecule has 1 saturated carbocycles. The first-order chi connectivity index (χ1) is 14.5. The van der Waals surface area contributed by atoms with Crippen LogP contribution in [-0.4, -0.2) is 31.4 Å². The Labute approximate surface area is 183 Å². The fraction of sp³-hybridized carbons (Fsp3) is 0.364. The second-order valence-electron chi connectivity index (χ2n) is 7.71.